The van der Waals surface area contributed by atoms with E-state index in [1.165, 1.54) is 11.1 Å². The molecule has 148 valence electrons. The lowest BCUT2D eigenvalue weighted by Crippen LogP contribution is -2.37. The molecule has 2 N–H and O–H groups in total. The van der Waals surface area contributed by atoms with Gasteiger partial charge in [-0.15, -0.1) is 0 Å². The van der Waals surface area contributed by atoms with Crippen molar-refractivity contribution in [1.82, 2.24) is 14.7 Å². The molecule has 5 nitrogen and oxygen atoms in total. The van der Waals surface area contributed by atoms with Crippen molar-refractivity contribution in [2.45, 2.75) is 26.7 Å². The number of ether oxygens (including phenoxy) is 1. The highest BCUT2D eigenvalue weighted by Crippen LogP contribution is 2.33. The molecule has 4 rings (SSSR count). The molecule has 0 bridgehead atoms. The first-order valence-electron chi connectivity index (χ1n) is 9.88. The van der Waals surface area contributed by atoms with Crippen molar-refractivity contribution in [3.63, 3.8) is 0 Å². The Hall–Kier alpha value is -2.79. The zero-order chi connectivity index (χ0) is 19.7. The van der Waals surface area contributed by atoms with Gasteiger partial charge in [0.1, 0.15) is 5.82 Å². The average Bonchev–Trinajstić information content (AvgIpc) is 3.49. The second kappa shape index (κ2) is 7.68. The summed E-state index contributed by atoms with van der Waals surface area (Å²) in [5.74, 6) is 1.01. The van der Waals surface area contributed by atoms with Crippen LogP contribution in [0.3, 0.4) is 0 Å². The monoisotopic (exact) mass is 378 g/mol. The maximum atomic E-state index is 6.29. The molecule has 2 aliphatic rings. The first kappa shape index (κ1) is 18.6. The molecule has 2 fully saturated rings. The number of hydrogen-bond acceptors (Lipinski definition) is 4. The van der Waals surface area contributed by atoms with Gasteiger partial charge in [-0.05, 0) is 50.0 Å². The van der Waals surface area contributed by atoms with Crippen molar-refractivity contribution in [2.75, 3.05) is 26.3 Å². The van der Waals surface area contributed by atoms with Crippen LogP contribution in [-0.2, 0) is 4.74 Å². The Kier molecular flexibility index (Phi) is 5.09. The van der Waals surface area contributed by atoms with E-state index in [4.69, 9.17) is 15.6 Å². The lowest BCUT2D eigenvalue weighted by molar-refractivity contribution is 0.0611. The van der Waals surface area contributed by atoms with Crippen molar-refractivity contribution in [2.24, 2.45) is 5.73 Å². The summed E-state index contributed by atoms with van der Waals surface area (Å²) in [4.78, 5) is 2.30. The third-order valence-electron chi connectivity index (χ3n) is 5.32. The second-order valence-electron chi connectivity index (χ2n) is 7.59. The summed E-state index contributed by atoms with van der Waals surface area (Å²) in [6, 6.07) is 10.6. The summed E-state index contributed by atoms with van der Waals surface area (Å²) in [5, 5.41) is 4.93. The van der Waals surface area contributed by atoms with Crippen LogP contribution in [0.25, 0.3) is 17.1 Å². The highest BCUT2D eigenvalue weighted by atomic mass is 16.5. The predicted molar refractivity (Wildman–Crippen MR) is 116 cm³/mol. The van der Waals surface area contributed by atoms with Gasteiger partial charge in [0.05, 0.1) is 18.9 Å². The van der Waals surface area contributed by atoms with Crippen LogP contribution < -0.4 is 5.73 Å². The molecular formula is C23H30N4O. The number of aryl methyl sites for hydroxylation is 2. The van der Waals surface area contributed by atoms with E-state index in [0.717, 1.165) is 60.0 Å². The van der Waals surface area contributed by atoms with Gasteiger partial charge in [-0.25, -0.2) is 4.68 Å². The van der Waals surface area contributed by atoms with Crippen LogP contribution in [-0.4, -0.2) is 41.0 Å². The summed E-state index contributed by atoms with van der Waals surface area (Å²) >= 11 is 0. The fraction of sp³-hybridized carbons (Fsp3) is 0.348. The normalized spacial score (nSPS) is 17.0. The van der Waals surface area contributed by atoms with E-state index < -0.39 is 0 Å². The van der Waals surface area contributed by atoms with Crippen molar-refractivity contribution < 1.29 is 6.16 Å². The number of nitrogens with zero attached hydrogens (tertiary/aromatic N) is 3. The van der Waals surface area contributed by atoms with E-state index in [1.807, 2.05) is 4.68 Å². The van der Waals surface area contributed by atoms with Gasteiger partial charge < -0.3 is 15.4 Å². The maximum absolute atomic E-state index is 6.29. The van der Waals surface area contributed by atoms with Gasteiger partial charge in [0.2, 0.25) is 0 Å². The third kappa shape index (κ3) is 3.90. The molecule has 1 saturated heterocycles. The smallest absolute Gasteiger partial charge is 0.131 e. The molecule has 2 aromatic rings. The molecule has 1 aliphatic carbocycles. The standard InChI is InChI=1S/C23H28N4O.H2/c1-16-4-6-19(7-5-16)21-15-18(3)27(25-21)22(26-10-12-28-13-11-26)14-17(2)23(24)20-8-9-20;/h4-7,14-15H,2,8-13,24H2,1,3H3;1H/b22-14-;. The quantitative estimate of drug-likeness (QED) is 0.796. The molecule has 1 aromatic heterocycles. The molecule has 0 atom stereocenters. The Bertz CT molecular complexity index is 944. The first-order chi connectivity index (χ1) is 13.5. The number of aromatic nitrogens is 2. The number of morpholine rings is 1. The van der Waals surface area contributed by atoms with Crippen LogP contribution in [0.2, 0.25) is 0 Å². The number of rotatable bonds is 5. The Labute approximate surface area is 168 Å². The van der Waals surface area contributed by atoms with Crippen LogP contribution in [0.1, 0.15) is 25.5 Å². The highest BCUT2D eigenvalue weighted by molar-refractivity contribution is 5.62. The van der Waals surface area contributed by atoms with Gasteiger partial charge in [0.15, 0.2) is 0 Å². The molecule has 0 unspecified atom stereocenters. The van der Waals surface area contributed by atoms with Crippen molar-refractivity contribution in [1.29, 1.82) is 0 Å². The zero-order valence-electron chi connectivity index (χ0n) is 16.7. The molecule has 1 aliphatic heterocycles. The summed E-state index contributed by atoms with van der Waals surface area (Å²) in [6.45, 7) is 11.5. The largest absolute Gasteiger partial charge is 0.398 e. The number of nitrogens with two attached hydrogens (primary N) is 1. The Morgan fingerprint density at radius 1 is 1.18 bits per heavy atom. The van der Waals surface area contributed by atoms with Crippen LogP contribution in [0.4, 0.5) is 0 Å². The maximum Gasteiger partial charge on any atom is 0.131 e. The molecule has 5 heteroatoms. The fourth-order valence-electron chi connectivity index (χ4n) is 3.44. The van der Waals surface area contributed by atoms with E-state index in [9.17, 15) is 0 Å². The van der Waals surface area contributed by atoms with Crippen molar-refractivity contribution >= 4 is 5.82 Å². The fourth-order valence-corrected chi connectivity index (χ4v) is 3.44. The summed E-state index contributed by atoms with van der Waals surface area (Å²) in [5.41, 5.74) is 13.7. The lowest BCUT2D eigenvalue weighted by atomic mass is 10.1. The van der Waals surface area contributed by atoms with Crippen molar-refractivity contribution in [3.05, 3.63) is 71.1 Å². The average molecular weight is 379 g/mol. The van der Waals surface area contributed by atoms with E-state index in [-0.39, 0.29) is 1.43 Å². The Morgan fingerprint density at radius 2 is 1.86 bits per heavy atom. The lowest BCUT2D eigenvalue weighted by Gasteiger charge is -2.31. The number of benzene rings is 1. The zero-order valence-corrected chi connectivity index (χ0v) is 16.7. The molecule has 2 heterocycles. The molecule has 0 amide bonds. The minimum absolute atomic E-state index is 0. The minimum atomic E-state index is 0. The summed E-state index contributed by atoms with van der Waals surface area (Å²) < 4.78 is 7.56. The SMILES string of the molecule is C=C(/C=C(/N1CCOCC1)n1nc(-c2ccc(C)cc2)cc1C)C(N)=C1CC1.[HH]. The third-order valence-corrected chi connectivity index (χ3v) is 5.32. The molecule has 0 radical (unpaired) electrons. The highest BCUT2D eigenvalue weighted by Gasteiger charge is 2.21. The molecule has 1 aromatic carbocycles. The van der Waals surface area contributed by atoms with Gasteiger partial charge in [0.25, 0.3) is 0 Å². The Balaban J connectivity index is 0.00000240. The number of hydrogen-bond donors (Lipinski definition) is 1. The van der Waals surface area contributed by atoms with Gasteiger partial charge >= 0.3 is 0 Å². The van der Waals surface area contributed by atoms with E-state index in [2.05, 4.69) is 61.7 Å². The predicted octanol–water partition coefficient (Wildman–Crippen LogP) is 4.11. The molecular weight excluding hydrogens is 348 g/mol. The van der Waals surface area contributed by atoms with Crippen molar-refractivity contribution in [3.8, 4) is 11.3 Å². The molecule has 1 saturated carbocycles. The van der Waals surface area contributed by atoms with Crippen LogP contribution in [0, 0.1) is 13.8 Å². The van der Waals surface area contributed by atoms with E-state index in [0.29, 0.717) is 13.2 Å². The van der Waals surface area contributed by atoms with Gasteiger partial charge in [-0.1, -0.05) is 36.4 Å². The first-order valence-corrected chi connectivity index (χ1v) is 9.88. The second-order valence-corrected chi connectivity index (χ2v) is 7.59. The van der Waals surface area contributed by atoms with Crippen LogP contribution in [0.5, 0.6) is 0 Å². The van der Waals surface area contributed by atoms with Crippen LogP contribution in [0.15, 0.2) is 59.8 Å². The van der Waals surface area contributed by atoms with Crippen LogP contribution >= 0.6 is 0 Å². The summed E-state index contributed by atoms with van der Waals surface area (Å²) in [6.07, 6.45) is 4.25. The Morgan fingerprint density at radius 3 is 2.50 bits per heavy atom. The van der Waals surface area contributed by atoms with Gasteiger partial charge in [-0.2, -0.15) is 5.10 Å². The van der Waals surface area contributed by atoms with Gasteiger partial charge in [-0.3, -0.25) is 0 Å². The minimum Gasteiger partial charge on any atom is -0.398 e. The topological polar surface area (TPSA) is 56.3 Å². The van der Waals surface area contributed by atoms with E-state index in [1.54, 1.807) is 0 Å². The molecule has 28 heavy (non-hydrogen) atoms. The number of allylic oxidation sites excluding steroid dienone is 2. The summed E-state index contributed by atoms with van der Waals surface area (Å²) in [7, 11) is 0. The van der Waals surface area contributed by atoms with E-state index >= 15 is 0 Å². The van der Waals surface area contributed by atoms with Gasteiger partial charge in [0, 0.05) is 31.5 Å². The molecule has 0 spiro atoms.